The lowest BCUT2D eigenvalue weighted by molar-refractivity contribution is -0.145. The Kier molecular flexibility index (Phi) is 6.97. The Morgan fingerprint density at radius 3 is 2.38 bits per heavy atom. The van der Waals surface area contributed by atoms with Crippen LogP contribution < -0.4 is 10.5 Å². The Morgan fingerprint density at radius 1 is 1.10 bits per heavy atom. The molecule has 1 aliphatic heterocycles. The molecule has 3 aromatic rings. The maximum Gasteiger partial charge on any atom is 0.433 e. The average Bonchev–Trinajstić information content (AvgIpc) is 3.33. The highest BCUT2D eigenvalue weighted by Gasteiger charge is 2.55. The number of aromatic amines is 1. The van der Waals surface area contributed by atoms with Crippen molar-refractivity contribution in [1.82, 2.24) is 9.78 Å². The van der Waals surface area contributed by atoms with Crippen LogP contribution in [0.1, 0.15) is 56.4 Å². The second-order valence-corrected chi connectivity index (χ2v) is 11.2. The number of anilines is 1. The van der Waals surface area contributed by atoms with E-state index in [4.69, 9.17) is 11.6 Å². The average molecular weight is 562 g/mol. The highest BCUT2D eigenvalue weighted by atomic mass is 35.5. The first-order valence-corrected chi connectivity index (χ1v) is 13.4. The summed E-state index contributed by atoms with van der Waals surface area (Å²) in [6.07, 6.45) is -4.07. The van der Waals surface area contributed by atoms with Gasteiger partial charge in [0.2, 0.25) is 0 Å². The van der Waals surface area contributed by atoms with Gasteiger partial charge in [-0.15, -0.1) is 0 Å². The molecule has 0 spiro atoms. The molecule has 1 saturated carbocycles. The molecular weight excluding hydrogens is 531 g/mol. The zero-order chi connectivity index (χ0) is 28.3. The van der Waals surface area contributed by atoms with Crippen LogP contribution in [0.15, 0.2) is 65.1 Å². The third-order valence-electron chi connectivity index (χ3n) is 8.02. The first-order chi connectivity index (χ1) is 18.4. The number of nitrogens with zero attached hydrogens (tertiary/aromatic N) is 2. The molecule has 39 heavy (non-hydrogen) atoms. The van der Waals surface area contributed by atoms with E-state index in [1.165, 1.54) is 12.1 Å². The first kappa shape index (κ1) is 27.6. The van der Waals surface area contributed by atoms with E-state index in [1.807, 2.05) is 32.0 Å². The summed E-state index contributed by atoms with van der Waals surface area (Å²) < 4.78 is 42.9. The van der Waals surface area contributed by atoms with Crippen LogP contribution in [-0.4, -0.2) is 38.7 Å². The van der Waals surface area contributed by atoms with Crippen LogP contribution in [0.25, 0.3) is 5.69 Å². The molecule has 3 N–H and O–H groups in total. The fourth-order valence-corrected chi connectivity index (χ4v) is 6.07. The van der Waals surface area contributed by atoms with E-state index in [9.17, 15) is 28.2 Å². The van der Waals surface area contributed by atoms with Crippen LogP contribution in [0.3, 0.4) is 0 Å². The number of benzene rings is 2. The minimum Gasteiger partial charge on any atom is -0.392 e. The maximum absolute atomic E-state index is 14.0. The van der Waals surface area contributed by atoms with Gasteiger partial charge in [-0.3, -0.25) is 9.89 Å². The molecule has 6 nitrogen and oxygen atoms in total. The van der Waals surface area contributed by atoms with Crippen LogP contribution >= 0.6 is 11.6 Å². The number of aliphatic hydroxyl groups excluding tert-OH is 2. The summed E-state index contributed by atoms with van der Waals surface area (Å²) in [6.45, 7) is 6.80. The smallest absolute Gasteiger partial charge is 0.392 e. The number of unbranched alkanes of at least 4 members (excludes halogenated alkanes) is 1. The van der Waals surface area contributed by atoms with Crippen molar-refractivity contribution in [2.45, 2.75) is 63.3 Å². The normalized spacial score (nSPS) is 25.2. The Morgan fingerprint density at radius 2 is 1.77 bits per heavy atom. The molecule has 208 valence electrons. The third-order valence-corrected chi connectivity index (χ3v) is 8.26. The van der Waals surface area contributed by atoms with Crippen molar-refractivity contribution in [2.75, 3.05) is 11.4 Å². The summed E-state index contributed by atoms with van der Waals surface area (Å²) in [6, 6.07) is 13.5. The number of fused-ring (bicyclic) bond motifs is 1. The van der Waals surface area contributed by atoms with Gasteiger partial charge in [-0.2, -0.15) is 13.2 Å². The Balaban J connectivity index is 1.54. The van der Waals surface area contributed by atoms with Crippen LogP contribution in [0, 0.1) is 5.92 Å². The van der Waals surface area contributed by atoms with Gasteiger partial charge in [0.15, 0.2) is 0 Å². The fraction of sp³-hybridized carbons (Fsp3) is 0.414. The van der Waals surface area contributed by atoms with Gasteiger partial charge in [0.25, 0.3) is 5.56 Å². The van der Waals surface area contributed by atoms with E-state index in [-0.39, 0.29) is 5.69 Å². The molecule has 2 heterocycles. The lowest BCUT2D eigenvalue weighted by atomic mass is 9.64. The molecule has 0 saturated heterocycles. The molecule has 10 heteroatoms. The van der Waals surface area contributed by atoms with E-state index in [0.717, 1.165) is 34.5 Å². The lowest BCUT2D eigenvalue weighted by Crippen LogP contribution is -2.55. The topological polar surface area (TPSA) is 81.5 Å². The standard InChI is InChI=1S/C29H31ClF3N3O3/c1-4-5-13-35-20-12-11-16(30)14-19(20)28(2,3)21(35)15-18-24(37)22(25(18)38)23-26(29(31,32)33)34-36(27(23)39)17-9-7-6-8-10-17/h6-12,14-15,18,22,24-25,34,37-38H,4-5,13H2,1-3H3. The van der Waals surface area contributed by atoms with E-state index < -0.39 is 52.5 Å². The minimum atomic E-state index is -4.89. The predicted molar refractivity (Wildman–Crippen MR) is 144 cm³/mol. The zero-order valence-electron chi connectivity index (χ0n) is 21.8. The first-order valence-electron chi connectivity index (χ1n) is 13.0. The molecule has 0 amide bonds. The van der Waals surface area contributed by atoms with E-state index >= 15 is 0 Å². The molecule has 1 aromatic heterocycles. The lowest BCUT2D eigenvalue weighted by Gasteiger charge is -2.46. The monoisotopic (exact) mass is 561 g/mol. The number of hydrogen-bond acceptors (Lipinski definition) is 4. The molecule has 0 radical (unpaired) electrons. The number of aromatic nitrogens is 2. The number of hydrogen-bond donors (Lipinski definition) is 3. The predicted octanol–water partition coefficient (Wildman–Crippen LogP) is 5.75. The number of allylic oxidation sites excluding steroid dienone is 1. The SMILES string of the molecule is CCCCN1C(=CC2C(O)C(c3c(C(F)(F)F)[nH]n(-c4ccccc4)c3=O)C2O)C(C)(C)c2cc(Cl)ccc21. The Labute approximate surface area is 229 Å². The van der Waals surface area contributed by atoms with Crippen molar-refractivity contribution < 1.29 is 23.4 Å². The van der Waals surface area contributed by atoms with Gasteiger partial charge < -0.3 is 15.1 Å². The van der Waals surface area contributed by atoms with Crippen LogP contribution in [0.5, 0.6) is 0 Å². The van der Waals surface area contributed by atoms with Gasteiger partial charge in [0.1, 0.15) is 5.69 Å². The van der Waals surface area contributed by atoms with Gasteiger partial charge in [-0.25, -0.2) is 4.68 Å². The number of H-pyrrole nitrogens is 1. The summed E-state index contributed by atoms with van der Waals surface area (Å²) in [5.41, 5.74) is -0.381. The van der Waals surface area contributed by atoms with Gasteiger partial charge in [0.05, 0.1) is 23.5 Å². The number of aliphatic hydroxyl groups is 2. The van der Waals surface area contributed by atoms with Crippen LogP contribution in [0.4, 0.5) is 18.9 Å². The van der Waals surface area contributed by atoms with Crippen molar-refractivity contribution in [2.24, 2.45) is 5.92 Å². The summed E-state index contributed by atoms with van der Waals surface area (Å²) >= 11 is 6.30. The van der Waals surface area contributed by atoms with Crippen molar-refractivity contribution in [3.8, 4) is 5.69 Å². The molecule has 0 bridgehead atoms. The van der Waals surface area contributed by atoms with Gasteiger partial charge in [-0.1, -0.05) is 63.1 Å². The minimum absolute atomic E-state index is 0.219. The molecular formula is C29H31ClF3N3O3. The van der Waals surface area contributed by atoms with E-state index in [0.29, 0.717) is 11.6 Å². The summed E-state index contributed by atoms with van der Waals surface area (Å²) in [7, 11) is 0. The molecule has 2 unspecified atom stereocenters. The summed E-state index contributed by atoms with van der Waals surface area (Å²) in [5, 5.41) is 25.1. The second-order valence-electron chi connectivity index (χ2n) is 10.8. The molecule has 2 aromatic carbocycles. The van der Waals surface area contributed by atoms with Gasteiger partial charge in [-0.05, 0) is 42.3 Å². The number of para-hydroxylation sites is 1. The quantitative estimate of drug-likeness (QED) is 0.358. The van der Waals surface area contributed by atoms with Crippen molar-refractivity contribution in [1.29, 1.82) is 0 Å². The van der Waals surface area contributed by atoms with Crippen LogP contribution in [0.2, 0.25) is 5.02 Å². The number of rotatable bonds is 6. The van der Waals surface area contributed by atoms with E-state index in [2.05, 4.69) is 16.9 Å². The van der Waals surface area contributed by atoms with Crippen molar-refractivity contribution in [3.63, 3.8) is 0 Å². The second kappa shape index (κ2) is 9.87. The Hall–Kier alpha value is -3.01. The van der Waals surface area contributed by atoms with Crippen molar-refractivity contribution in [3.05, 3.63) is 92.5 Å². The summed E-state index contributed by atoms with van der Waals surface area (Å²) in [5.74, 6) is -2.26. The number of alkyl halides is 3. The highest BCUT2D eigenvalue weighted by Crippen LogP contribution is 2.52. The number of nitrogens with one attached hydrogen (secondary N) is 1. The molecule has 1 aliphatic carbocycles. The maximum atomic E-state index is 14.0. The summed E-state index contributed by atoms with van der Waals surface area (Å²) in [4.78, 5) is 15.4. The van der Waals surface area contributed by atoms with Crippen molar-refractivity contribution >= 4 is 17.3 Å². The number of halogens is 4. The third kappa shape index (κ3) is 4.50. The highest BCUT2D eigenvalue weighted by molar-refractivity contribution is 6.30. The van der Waals surface area contributed by atoms with Gasteiger partial charge in [0, 0.05) is 40.2 Å². The molecule has 2 atom stereocenters. The fourth-order valence-electron chi connectivity index (χ4n) is 5.90. The molecule has 5 rings (SSSR count). The van der Waals surface area contributed by atoms with Gasteiger partial charge >= 0.3 is 6.18 Å². The van der Waals surface area contributed by atoms with Crippen LogP contribution in [-0.2, 0) is 11.6 Å². The Bertz CT molecular complexity index is 1450. The largest absolute Gasteiger partial charge is 0.433 e. The molecule has 1 fully saturated rings. The molecule has 2 aliphatic rings. The van der Waals surface area contributed by atoms with E-state index in [1.54, 1.807) is 24.3 Å². The zero-order valence-corrected chi connectivity index (χ0v) is 22.6.